The molecular weight excluding hydrogens is 480 g/mol. The highest BCUT2D eigenvalue weighted by Crippen LogP contribution is 2.53. The minimum Gasteiger partial charge on any atom is -0.467 e. The summed E-state index contributed by atoms with van der Waals surface area (Å²) < 4.78 is 10.5. The van der Waals surface area contributed by atoms with Crippen molar-refractivity contribution in [3.63, 3.8) is 0 Å². The van der Waals surface area contributed by atoms with Gasteiger partial charge in [0.25, 0.3) is 0 Å². The molecule has 1 saturated heterocycles. The van der Waals surface area contributed by atoms with E-state index in [0.717, 1.165) is 68.0 Å². The zero-order valence-corrected chi connectivity index (χ0v) is 22.4. The molecule has 1 unspecified atom stereocenters. The second-order valence-electron chi connectivity index (χ2n) is 9.07. The van der Waals surface area contributed by atoms with Gasteiger partial charge in [0, 0.05) is 36.1 Å². The van der Waals surface area contributed by atoms with Crippen molar-refractivity contribution in [2.24, 2.45) is 0 Å². The van der Waals surface area contributed by atoms with E-state index in [1.807, 2.05) is 30.4 Å². The number of anilines is 1. The number of nitrogens with one attached hydrogen (secondary N) is 1. The van der Waals surface area contributed by atoms with E-state index in [2.05, 4.69) is 27.4 Å². The Morgan fingerprint density at radius 1 is 1.20 bits per heavy atom. The summed E-state index contributed by atoms with van der Waals surface area (Å²) in [4.78, 5) is 25.9. The molecule has 190 valence electrons. The summed E-state index contributed by atoms with van der Waals surface area (Å²) in [6.45, 7) is 3.26. The van der Waals surface area contributed by atoms with Gasteiger partial charge in [-0.3, -0.25) is 4.79 Å². The third kappa shape index (κ3) is 7.26. The number of esters is 1. The number of hydrogen-bond donors (Lipinski definition) is 1. The Morgan fingerprint density at radius 2 is 2.00 bits per heavy atom. The summed E-state index contributed by atoms with van der Waals surface area (Å²) in [6.07, 6.45) is 11.5. The van der Waals surface area contributed by atoms with Crippen LogP contribution in [-0.4, -0.2) is 56.8 Å². The Bertz CT molecular complexity index is 968. The van der Waals surface area contributed by atoms with E-state index in [1.54, 1.807) is 19.5 Å². The predicted molar refractivity (Wildman–Crippen MR) is 143 cm³/mol. The SMILES string of the molecule is CCOC(=O)CC(CC1(CCCCc2ccc3c(n2)NCCC3)SCCS1)c1cnc(OC)nc1. The topological polar surface area (TPSA) is 86.2 Å². The molecular formula is C26H36N4O3S2. The van der Waals surface area contributed by atoms with Crippen molar-refractivity contribution < 1.29 is 14.3 Å². The summed E-state index contributed by atoms with van der Waals surface area (Å²) in [7, 11) is 1.56. The Hall–Kier alpha value is -2.00. The molecule has 4 heterocycles. The standard InChI is InChI=1S/C26H36N4O3S2/c1-3-33-23(31)15-20(21-17-28-25(32-2)29-18-21)16-26(34-13-14-35-26)11-5-4-8-22-10-9-19-7-6-12-27-24(19)30-22/h9-10,17-18,20H,3-8,11-16H2,1-2H3,(H,27,30). The van der Waals surface area contributed by atoms with Crippen LogP contribution in [0.15, 0.2) is 24.5 Å². The number of ether oxygens (including phenoxy) is 2. The van der Waals surface area contributed by atoms with E-state index in [0.29, 0.717) is 19.0 Å². The van der Waals surface area contributed by atoms with Crippen LogP contribution in [0.25, 0.3) is 0 Å². The smallest absolute Gasteiger partial charge is 0.316 e. The number of unbranched alkanes of at least 4 members (excludes halogenated alkanes) is 1. The number of aromatic nitrogens is 3. The molecule has 0 saturated carbocycles. The fourth-order valence-electron chi connectivity index (χ4n) is 4.82. The molecule has 0 aliphatic carbocycles. The van der Waals surface area contributed by atoms with Crippen molar-refractivity contribution in [3.05, 3.63) is 41.3 Å². The third-order valence-electron chi connectivity index (χ3n) is 6.58. The molecule has 1 atom stereocenters. The first-order chi connectivity index (χ1) is 17.1. The zero-order valence-electron chi connectivity index (χ0n) is 20.8. The number of pyridine rings is 1. The van der Waals surface area contributed by atoms with Gasteiger partial charge in [0.15, 0.2) is 0 Å². The van der Waals surface area contributed by atoms with Gasteiger partial charge in [-0.05, 0) is 68.6 Å². The first-order valence-electron chi connectivity index (χ1n) is 12.6. The van der Waals surface area contributed by atoms with Crippen molar-refractivity contribution in [1.29, 1.82) is 0 Å². The third-order valence-corrected chi connectivity index (χ3v) is 10.2. The average Bonchev–Trinajstić information content (AvgIpc) is 3.35. The van der Waals surface area contributed by atoms with Crippen LogP contribution in [0.2, 0.25) is 0 Å². The molecule has 1 fully saturated rings. The van der Waals surface area contributed by atoms with Gasteiger partial charge in [0.05, 0.1) is 24.2 Å². The molecule has 2 aromatic rings. The Labute approximate surface area is 217 Å². The van der Waals surface area contributed by atoms with E-state index in [1.165, 1.54) is 17.7 Å². The molecule has 0 amide bonds. The Balaban J connectivity index is 1.38. The van der Waals surface area contributed by atoms with Crippen LogP contribution >= 0.6 is 23.5 Å². The molecule has 9 heteroatoms. The van der Waals surface area contributed by atoms with Gasteiger partial charge in [-0.2, -0.15) is 0 Å². The number of carbonyl (C=O) groups excluding carboxylic acids is 1. The predicted octanol–water partition coefficient (Wildman–Crippen LogP) is 5.25. The lowest BCUT2D eigenvalue weighted by Crippen LogP contribution is -2.23. The van der Waals surface area contributed by atoms with Gasteiger partial charge in [-0.25, -0.2) is 15.0 Å². The summed E-state index contributed by atoms with van der Waals surface area (Å²) >= 11 is 4.09. The van der Waals surface area contributed by atoms with Crippen LogP contribution in [0, 0.1) is 0 Å². The number of hydrogen-bond acceptors (Lipinski definition) is 9. The van der Waals surface area contributed by atoms with Crippen LogP contribution in [0.1, 0.15) is 68.2 Å². The molecule has 4 rings (SSSR count). The molecule has 2 aromatic heterocycles. The van der Waals surface area contributed by atoms with Gasteiger partial charge >= 0.3 is 12.0 Å². The second kappa shape index (κ2) is 12.8. The quantitative estimate of drug-likeness (QED) is 0.300. The number of nitrogens with zero attached hydrogens (tertiary/aromatic N) is 3. The lowest BCUT2D eigenvalue weighted by atomic mass is 9.91. The molecule has 0 spiro atoms. The molecule has 2 aliphatic heterocycles. The number of thioether (sulfide) groups is 2. The average molecular weight is 517 g/mol. The number of rotatable bonds is 12. The molecule has 0 bridgehead atoms. The largest absolute Gasteiger partial charge is 0.467 e. The van der Waals surface area contributed by atoms with E-state index < -0.39 is 0 Å². The van der Waals surface area contributed by atoms with Crippen LogP contribution in [0.3, 0.4) is 0 Å². The van der Waals surface area contributed by atoms with Crippen molar-refractivity contribution in [2.75, 3.05) is 37.1 Å². The number of aryl methyl sites for hydroxylation is 2. The molecule has 0 radical (unpaired) electrons. The molecule has 1 N–H and O–H groups in total. The summed E-state index contributed by atoms with van der Waals surface area (Å²) in [5.41, 5.74) is 3.49. The van der Waals surface area contributed by atoms with Gasteiger partial charge in [-0.1, -0.05) is 12.5 Å². The minimum absolute atomic E-state index is 0.0199. The Kier molecular flexibility index (Phi) is 9.54. The van der Waals surface area contributed by atoms with Gasteiger partial charge in [-0.15, -0.1) is 23.5 Å². The molecule has 0 aromatic carbocycles. The van der Waals surface area contributed by atoms with Crippen LogP contribution in [0.4, 0.5) is 5.82 Å². The number of carbonyl (C=O) groups is 1. The van der Waals surface area contributed by atoms with Crippen molar-refractivity contribution in [3.8, 4) is 6.01 Å². The normalized spacial score (nSPS) is 17.3. The van der Waals surface area contributed by atoms with E-state index in [-0.39, 0.29) is 16.0 Å². The van der Waals surface area contributed by atoms with Crippen LogP contribution in [-0.2, 0) is 22.4 Å². The van der Waals surface area contributed by atoms with E-state index in [4.69, 9.17) is 14.5 Å². The van der Waals surface area contributed by atoms with Crippen molar-refractivity contribution in [1.82, 2.24) is 15.0 Å². The fraction of sp³-hybridized carbons (Fsp3) is 0.615. The highest BCUT2D eigenvalue weighted by molar-refractivity contribution is 8.21. The zero-order chi connectivity index (χ0) is 24.5. The first-order valence-corrected chi connectivity index (χ1v) is 14.6. The lowest BCUT2D eigenvalue weighted by molar-refractivity contribution is -0.143. The van der Waals surface area contributed by atoms with Crippen LogP contribution in [0.5, 0.6) is 6.01 Å². The maximum atomic E-state index is 12.4. The van der Waals surface area contributed by atoms with Gasteiger partial charge in [0.2, 0.25) is 0 Å². The molecule has 35 heavy (non-hydrogen) atoms. The van der Waals surface area contributed by atoms with Crippen molar-refractivity contribution >= 4 is 35.3 Å². The van der Waals surface area contributed by atoms with Crippen molar-refractivity contribution in [2.45, 2.75) is 68.3 Å². The highest BCUT2D eigenvalue weighted by Gasteiger charge is 2.38. The number of fused-ring (bicyclic) bond motifs is 1. The van der Waals surface area contributed by atoms with E-state index in [9.17, 15) is 4.79 Å². The first kappa shape index (κ1) is 26.1. The summed E-state index contributed by atoms with van der Waals surface area (Å²) in [5, 5.41) is 3.44. The summed E-state index contributed by atoms with van der Waals surface area (Å²) in [5.74, 6) is 3.23. The molecule has 2 aliphatic rings. The minimum atomic E-state index is -0.163. The van der Waals surface area contributed by atoms with E-state index >= 15 is 0 Å². The Morgan fingerprint density at radius 3 is 2.74 bits per heavy atom. The second-order valence-corrected chi connectivity index (χ2v) is 12.3. The van der Waals surface area contributed by atoms with Crippen LogP contribution < -0.4 is 10.1 Å². The molecule has 7 nitrogen and oxygen atoms in total. The lowest BCUT2D eigenvalue weighted by Gasteiger charge is -2.31. The monoisotopic (exact) mass is 516 g/mol. The fourth-order valence-corrected chi connectivity index (χ4v) is 8.28. The highest BCUT2D eigenvalue weighted by atomic mass is 32.2. The number of methoxy groups -OCH3 is 1. The van der Waals surface area contributed by atoms with Gasteiger partial charge < -0.3 is 14.8 Å². The maximum absolute atomic E-state index is 12.4. The van der Waals surface area contributed by atoms with Gasteiger partial charge in [0.1, 0.15) is 5.82 Å². The maximum Gasteiger partial charge on any atom is 0.316 e. The summed E-state index contributed by atoms with van der Waals surface area (Å²) in [6, 6.07) is 4.78.